The molecule has 3 aromatic carbocycles. The van der Waals surface area contributed by atoms with Crippen molar-refractivity contribution in [1.29, 1.82) is 0 Å². The number of benzene rings is 3. The van der Waals surface area contributed by atoms with Crippen LogP contribution in [0, 0.1) is 0 Å². The van der Waals surface area contributed by atoms with Gasteiger partial charge in [-0.25, -0.2) is 0 Å². The summed E-state index contributed by atoms with van der Waals surface area (Å²) in [6.45, 7) is 3.12. The zero-order valence-corrected chi connectivity index (χ0v) is 17.2. The van der Waals surface area contributed by atoms with E-state index in [-0.39, 0.29) is 5.91 Å². The molecule has 5 heteroatoms. The molecular formula is C23H22BrNO3. The van der Waals surface area contributed by atoms with Crippen molar-refractivity contribution in [3.8, 4) is 11.5 Å². The van der Waals surface area contributed by atoms with E-state index in [9.17, 15) is 4.79 Å². The summed E-state index contributed by atoms with van der Waals surface area (Å²) in [5.41, 5.74) is 2.23. The van der Waals surface area contributed by atoms with Crippen molar-refractivity contribution in [2.75, 3.05) is 11.9 Å². The Balaban J connectivity index is 1.69. The number of hydrogen-bond acceptors (Lipinski definition) is 3. The van der Waals surface area contributed by atoms with Gasteiger partial charge < -0.3 is 14.8 Å². The fourth-order valence-electron chi connectivity index (χ4n) is 2.60. The van der Waals surface area contributed by atoms with Gasteiger partial charge in [0.25, 0.3) is 5.91 Å². The summed E-state index contributed by atoms with van der Waals surface area (Å²) in [6.07, 6.45) is 0.925. The summed E-state index contributed by atoms with van der Waals surface area (Å²) < 4.78 is 12.3. The van der Waals surface area contributed by atoms with Crippen molar-refractivity contribution >= 4 is 27.5 Å². The molecule has 0 atom stereocenters. The first-order chi connectivity index (χ1) is 13.7. The predicted octanol–water partition coefficient (Wildman–Crippen LogP) is 6.07. The van der Waals surface area contributed by atoms with Crippen molar-refractivity contribution in [1.82, 2.24) is 0 Å². The number of carbonyl (C=O) groups excluding carboxylic acids is 1. The van der Waals surface area contributed by atoms with Crippen LogP contribution in [-0.4, -0.2) is 12.5 Å². The fourth-order valence-corrected chi connectivity index (χ4v) is 3.09. The van der Waals surface area contributed by atoms with Crippen molar-refractivity contribution < 1.29 is 14.3 Å². The first-order valence-electron chi connectivity index (χ1n) is 9.17. The molecule has 28 heavy (non-hydrogen) atoms. The van der Waals surface area contributed by atoms with Gasteiger partial charge in [-0.3, -0.25) is 4.79 Å². The van der Waals surface area contributed by atoms with Gasteiger partial charge in [0, 0.05) is 5.56 Å². The summed E-state index contributed by atoms with van der Waals surface area (Å²) in [7, 11) is 0. The van der Waals surface area contributed by atoms with Gasteiger partial charge in [0.05, 0.1) is 16.8 Å². The molecule has 0 heterocycles. The van der Waals surface area contributed by atoms with Crippen molar-refractivity contribution in [3.05, 3.63) is 88.4 Å². The molecule has 0 radical (unpaired) electrons. The van der Waals surface area contributed by atoms with Crippen LogP contribution < -0.4 is 14.8 Å². The summed E-state index contributed by atoms with van der Waals surface area (Å²) >= 11 is 3.47. The van der Waals surface area contributed by atoms with Crippen LogP contribution in [0.3, 0.4) is 0 Å². The Morgan fingerprint density at radius 3 is 2.43 bits per heavy atom. The maximum Gasteiger partial charge on any atom is 0.255 e. The van der Waals surface area contributed by atoms with E-state index in [4.69, 9.17) is 9.47 Å². The molecule has 144 valence electrons. The minimum absolute atomic E-state index is 0.210. The lowest BCUT2D eigenvalue weighted by molar-refractivity contribution is 0.102. The Kier molecular flexibility index (Phi) is 7.09. The van der Waals surface area contributed by atoms with E-state index in [1.165, 1.54) is 0 Å². The van der Waals surface area contributed by atoms with Gasteiger partial charge in [-0.05, 0) is 58.2 Å². The Morgan fingerprint density at radius 2 is 1.68 bits per heavy atom. The zero-order chi connectivity index (χ0) is 19.8. The highest BCUT2D eigenvalue weighted by atomic mass is 79.9. The van der Waals surface area contributed by atoms with E-state index in [2.05, 4.69) is 21.2 Å². The molecule has 0 unspecified atom stereocenters. The minimum Gasteiger partial charge on any atom is -0.492 e. The van der Waals surface area contributed by atoms with Gasteiger partial charge in [-0.1, -0.05) is 49.4 Å². The predicted molar refractivity (Wildman–Crippen MR) is 115 cm³/mol. The molecule has 0 spiro atoms. The van der Waals surface area contributed by atoms with E-state index < -0.39 is 0 Å². The van der Waals surface area contributed by atoms with E-state index >= 15 is 0 Å². The third-order valence-electron chi connectivity index (χ3n) is 4.03. The molecule has 3 rings (SSSR count). The number of ether oxygens (including phenoxy) is 2. The average molecular weight is 440 g/mol. The van der Waals surface area contributed by atoms with Crippen molar-refractivity contribution in [2.45, 2.75) is 20.0 Å². The van der Waals surface area contributed by atoms with Crippen LogP contribution in [0.2, 0.25) is 0 Å². The van der Waals surface area contributed by atoms with Crippen LogP contribution in [0.25, 0.3) is 0 Å². The fraction of sp³-hybridized carbons (Fsp3) is 0.174. The molecule has 0 aromatic heterocycles. The van der Waals surface area contributed by atoms with Gasteiger partial charge in [0.2, 0.25) is 0 Å². The molecule has 0 aliphatic rings. The van der Waals surface area contributed by atoms with Crippen molar-refractivity contribution in [2.24, 2.45) is 0 Å². The Bertz CT molecular complexity index is 928. The van der Waals surface area contributed by atoms with Crippen LogP contribution in [0.4, 0.5) is 5.69 Å². The summed E-state index contributed by atoms with van der Waals surface area (Å²) in [5.74, 6) is 1.14. The maximum atomic E-state index is 12.7. The second kappa shape index (κ2) is 9.95. The van der Waals surface area contributed by atoms with Crippen LogP contribution in [-0.2, 0) is 6.61 Å². The van der Waals surface area contributed by atoms with Gasteiger partial charge in [0.15, 0.2) is 0 Å². The van der Waals surface area contributed by atoms with E-state index in [0.29, 0.717) is 30.2 Å². The number of halogens is 1. The van der Waals surface area contributed by atoms with Gasteiger partial charge in [-0.2, -0.15) is 0 Å². The van der Waals surface area contributed by atoms with E-state index in [1.54, 1.807) is 18.2 Å². The molecule has 0 aliphatic heterocycles. The SMILES string of the molecule is CCCOc1ccc(C(=O)Nc2ccccc2OCc2ccccc2)cc1Br. The van der Waals surface area contributed by atoms with Crippen LogP contribution in [0.15, 0.2) is 77.3 Å². The second-order valence-electron chi connectivity index (χ2n) is 6.22. The number of hydrogen-bond donors (Lipinski definition) is 1. The van der Waals surface area contributed by atoms with Crippen LogP contribution in [0.5, 0.6) is 11.5 Å². The number of para-hydroxylation sites is 2. The smallest absolute Gasteiger partial charge is 0.255 e. The third kappa shape index (κ3) is 5.36. The van der Waals surface area contributed by atoms with Crippen molar-refractivity contribution in [3.63, 3.8) is 0 Å². The highest BCUT2D eigenvalue weighted by Crippen LogP contribution is 2.28. The highest BCUT2D eigenvalue weighted by molar-refractivity contribution is 9.10. The summed E-state index contributed by atoms with van der Waals surface area (Å²) in [4.78, 5) is 12.7. The monoisotopic (exact) mass is 439 g/mol. The Labute approximate surface area is 173 Å². The van der Waals surface area contributed by atoms with Crippen LogP contribution >= 0.6 is 15.9 Å². The quantitative estimate of drug-likeness (QED) is 0.463. The average Bonchev–Trinajstić information content (AvgIpc) is 2.73. The van der Waals surface area contributed by atoms with Gasteiger partial charge >= 0.3 is 0 Å². The molecule has 1 amide bonds. The first kappa shape index (κ1) is 20.0. The molecular weight excluding hydrogens is 418 g/mol. The number of nitrogens with one attached hydrogen (secondary N) is 1. The molecule has 0 saturated heterocycles. The van der Waals surface area contributed by atoms with Gasteiger partial charge in [-0.15, -0.1) is 0 Å². The molecule has 0 fully saturated rings. The lowest BCUT2D eigenvalue weighted by Crippen LogP contribution is -2.13. The summed E-state index contributed by atoms with van der Waals surface area (Å²) in [6, 6.07) is 22.6. The second-order valence-corrected chi connectivity index (χ2v) is 7.07. The first-order valence-corrected chi connectivity index (χ1v) is 9.96. The molecule has 4 nitrogen and oxygen atoms in total. The molecule has 3 aromatic rings. The summed E-state index contributed by atoms with van der Waals surface area (Å²) in [5, 5.41) is 2.93. The maximum absolute atomic E-state index is 12.7. The number of rotatable bonds is 8. The van der Waals surface area contributed by atoms with Crippen LogP contribution in [0.1, 0.15) is 29.3 Å². The number of amides is 1. The Morgan fingerprint density at radius 1 is 0.929 bits per heavy atom. The zero-order valence-electron chi connectivity index (χ0n) is 15.7. The molecule has 0 bridgehead atoms. The highest BCUT2D eigenvalue weighted by Gasteiger charge is 2.12. The lowest BCUT2D eigenvalue weighted by atomic mass is 10.2. The lowest BCUT2D eigenvalue weighted by Gasteiger charge is -2.13. The molecule has 0 aliphatic carbocycles. The number of carbonyl (C=O) groups is 1. The normalized spacial score (nSPS) is 10.4. The molecule has 1 N–H and O–H groups in total. The number of anilines is 1. The molecule has 0 saturated carbocycles. The largest absolute Gasteiger partial charge is 0.492 e. The van der Waals surface area contributed by atoms with E-state index in [1.807, 2.05) is 61.5 Å². The standard InChI is InChI=1S/C23H22BrNO3/c1-2-14-27-21-13-12-18(15-19(21)24)23(26)25-20-10-6-7-11-22(20)28-16-17-8-4-3-5-9-17/h3-13,15H,2,14,16H2,1H3,(H,25,26). The Hall–Kier alpha value is -2.79. The third-order valence-corrected chi connectivity index (χ3v) is 4.65. The minimum atomic E-state index is -0.210. The van der Waals surface area contributed by atoms with Gasteiger partial charge in [0.1, 0.15) is 18.1 Å². The topological polar surface area (TPSA) is 47.6 Å². The van der Waals surface area contributed by atoms with E-state index in [0.717, 1.165) is 22.2 Å².